The van der Waals surface area contributed by atoms with E-state index in [0.717, 1.165) is 42.4 Å². The molecule has 0 radical (unpaired) electrons. The molecule has 0 aliphatic heterocycles. The van der Waals surface area contributed by atoms with Crippen molar-refractivity contribution in [3.05, 3.63) is 17.5 Å². The van der Waals surface area contributed by atoms with Crippen LogP contribution < -0.4 is 0 Å². The Balaban J connectivity index is 1.36. The molecule has 0 saturated heterocycles. The van der Waals surface area contributed by atoms with Gasteiger partial charge in [0.05, 0.1) is 0 Å². The molecule has 1 heterocycles. The Labute approximate surface area is 192 Å². The zero-order valence-corrected chi connectivity index (χ0v) is 19.8. The summed E-state index contributed by atoms with van der Waals surface area (Å²) in [5.41, 5.74) is 0.568. The number of aromatic nitrogens is 2. The molecule has 5 heteroatoms. The van der Waals surface area contributed by atoms with Gasteiger partial charge < -0.3 is 0 Å². The van der Waals surface area contributed by atoms with E-state index in [1.165, 1.54) is 49.3 Å². The average molecular weight is 433 g/mol. The van der Waals surface area contributed by atoms with Crippen molar-refractivity contribution in [3.63, 3.8) is 0 Å². The van der Waals surface area contributed by atoms with Crippen molar-refractivity contribution in [1.29, 1.82) is 10.5 Å². The third-order valence-electron chi connectivity index (χ3n) is 10.2. The van der Waals surface area contributed by atoms with Crippen LogP contribution in [0, 0.1) is 75.4 Å². The van der Waals surface area contributed by atoms with Gasteiger partial charge in [-0.2, -0.15) is 15.6 Å². The van der Waals surface area contributed by atoms with Crippen LogP contribution in [0.4, 0.5) is 0 Å². The van der Waals surface area contributed by atoms with Crippen LogP contribution >= 0.6 is 0 Å². The molecule has 0 bridgehead atoms. The van der Waals surface area contributed by atoms with Crippen LogP contribution in [0.2, 0.25) is 0 Å². The largest absolute Gasteiger partial charge is 0.297 e. The second-order valence-electron chi connectivity index (χ2n) is 11.8. The number of carbonyl (C=O) groups is 1. The number of ketones is 1. The maximum Gasteiger partial charge on any atom is 0.163 e. The first-order valence-corrected chi connectivity index (χ1v) is 12.8. The van der Waals surface area contributed by atoms with Gasteiger partial charge in [0.1, 0.15) is 24.4 Å². The summed E-state index contributed by atoms with van der Waals surface area (Å²) >= 11 is 0. The van der Waals surface area contributed by atoms with Crippen molar-refractivity contribution in [2.45, 2.75) is 78.7 Å². The van der Waals surface area contributed by atoms with Gasteiger partial charge in [-0.1, -0.05) is 27.2 Å². The molecule has 4 fully saturated rings. The lowest BCUT2D eigenvalue weighted by Crippen LogP contribution is -2.50. The highest BCUT2D eigenvalue weighted by Gasteiger charge is 2.60. The first kappa shape index (κ1) is 21.7. The number of hydrogen-bond acceptors (Lipinski definition) is 4. The van der Waals surface area contributed by atoms with Crippen LogP contribution in [0.5, 0.6) is 0 Å². The Hall–Kier alpha value is -2.14. The topological polar surface area (TPSA) is 82.5 Å². The Morgan fingerprint density at radius 2 is 1.88 bits per heavy atom. The van der Waals surface area contributed by atoms with Crippen LogP contribution in [0.3, 0.4) is 0 Å². The molecule has 0 amide bonds. The first-order chi connectivity index (χ1) is 15.4. The molecule has 0 N–H and O–H groups in total. The molecule has 4 aliphatic rings. The maximum absolute atomic E-state index is 13.6. The first-order valence-electron chi connectivity index (χ1n) is 12.8. The molecule has 1 aromatic heterocycles. The van der Waals surface area contributed by atoms with E-state index in [9.17, 15) is 10.1 Å². The summed E-state index contributed by atoms with van der Waals surface area (Å²) in [5, 5.41) is 22.7. The number of hydrogen-bond donors (Lipinski definition) is 0. The summed E-state index contributed by atoms with van der Waals surface area (Å²) in [5.74, 6) is 5.85. The number of rotatable bonds is 3. The molecule has 0 spiro atoms. The van der Waals surface area contributed by atoms with Gasteiger partial charge in [-0.15, -0.1) is 0 Å². The van der Waals surface area contributed by atoms with Gasteiger partial charge in [-0.05, 0) is 91.8 Å². The van der Waals surface area contributed by atoms with Gasteiger partial charge in [0.15, 0.2) is 11.5 Å². The molecule has 5 rings (SSSR count). The molecule has 170 valence electrons. The van der Waals surface area contributed by atoms with E-state index in [2.05, 4.69) is 31.9 Å². The minimum Gasteiger partial charge on any atom is -0.297 e. The zero-order chi connectivity index (χ0) is 22.6. The molecule has 5 nitrogen and oxygen atoms in total. The van der Waals surface area contributed by atoms with E-state index in [1.54, 1.807) is 0 Å². The Kier molecular flexibility index (Phi) is 5.43. The van der Waals surface area contributed by atoms with Crippen LogP contribution in [0.15, 0.2) is 6.07 Å². The smallest absolute Gasteiger partial charge is 0.163 e. The second-order valence-corrected chi connectivity index (χ2v) is 11.8. The van der Waals surface area contributed by atoms with Crippen LogP contribution in [0.1, 0.15) is 83.5 Å². The van der Waals surface area contributed by atoms with Crippen molar-refractivity contribution in [3.8, 4) is 12.1 Å². The normalized spacial score (nSPS) is 42.8. The van der Waals surface area contributed by atoms with Crippen molar-refractivity contribution >= 4 is 5.78 Å². The standard InChI is InChI=1S/C27H36N4O/c1-16-4-6-21-18(10-16)5-7-23-22(21)8-9-27(3)24(11-17(2)26(23)27)25(32)15-31-20(14-29)12-19(13-28)30-31/h12,16-18,21-24,26H,4-11,15H2,1-3H3. The molecular formula is C27H36N4O. The molecular weight excluding hydrogens is 396 g/mol. The quantitative estimate of drug-likeness (QED) is 0.645. The van der Waals surface area contributed by atoms with Crippen molar-refractivity contribution in [2.75, 3.05) is 0 Å². The lowest BCUT2D eigenvalue weighted by atomic mass is 9.48. The molecule has 1 aromatic rings. The molecule has 9 unspecified atom stereocenters. The minimum atomic E-state index is 0.0360. The van der Waals surface area contributed by atoms with E-state index < -0.39 is 0 Å². The SMILES string of the molecule is CC1CCC2C(CCC3C2CCC2(C)C(C(=O)Cn4nc(C#N)cc4C#N)CC(C)C32)C1. The highest BCUT2D eigenvalue weighted by molar-refractivity contribution is 5.82. The summed E-state index contributed by atoms with van der Waals surface area (Å²) in [6.07, 6.45) is 10.4. The third kappa shape index (κ3) is 3.32. The number of nitriles is 2. The number of fused-ring (bicyclic) bond motifs is 5. The fourth-order valence-electron chi connectivity index (χ4n) is 9.07. The van der Waals surface area contributed by atoms with E-state index in [1.807, 2.05) is 6.07 Å². The van der Waals surface area contributed by atoms with Crippen molar-refractivity contribution in [1.82, 2.24) is 9.78 Å². The number of carbonyl (C=O) groups excluding carboxylic acids is 1. The Morgan fingerprint density at radius 1 is 1.09 bits per heavy atom. The predicted molar refractivity (Wildman–Crippen MR) is 121 cm³/mol. The highest BCUT2D eigenvalue weighted by Crippen LogP contribution is 2.66. The van der Waals surface area contributed by atoms with Crippen molar-refractivity contribution < 1.29 is 4.79 Å². The second kappa shape index (κ2) is 8.02. The Morgan fingerprint density at radius 3 is 2.62 bits per heavy atom. The number of nitrogens with zero attached hydrogens (tertiary/aromatic N) is 4. The fraction of sp³-hybridized carbons (Fsp3) is 0.778. The van der Waals surface area contributed by atoms with Crippen LogP contribution in [-0.4, -0.2) is 15.6 Å². The third-order valence-corrected chi connectivity index (χ3v) is 10.2. The summed E-state index contributed by atoms with van der Waals surface area (Å²) in [6.45, 7) is 7.33. The molecule has 4 saturated carbocycles. The summed E-state index contributed by atoms with van der Waals surface area (Å²) in [4.78, 5) is 13.6. The van der Waals surface area contributed by atoms with Gasteiger partial charge >= 0.3 is 0 Å². The highest BCUT2D eigenvalue weighted by atomic mass is 16.1. The van der Waals surface area contributed by atoms with Gasteiger partial charge in [-0.25, -0.2) is 4.68 Å². The monoisotopic (exact) mass is 432 g/mol. The van der Waals surface area contributed by atoms with Gasteiger partial charge in [0, 0.05) is 12.0 Å². The lowest BCUT2D eigenvalue weighted by Gasteiger charge is -2.56. The minimum absolute atomic E-state index is 0.0360. The van der Waals surface area contributed by atoms with Gasteiger partial charge in [-0.3, -0.25) is 4.79 Å². The van der Waals surface area contributed by atoms with Gasteiger partial charge in [0.2, 0.25) is 0 Å². The van der Waals surface area contributed by atoms with E-state index in [-0.39, 0.29) is 29.4 Å². The zero-order valence-electron chi connectivity index (χ0n) is 19.8. The van der Waals surface area contributed by atoms with Gasteiger partial charge in [0.25, 0.3) is 0 Å². The predicted octanol–water partition coefficient (Wildman–Crippen LogP) is 5.35. The summed E-state index contributed by atoms with van der Waals surface area (Å²) in [7, 11) is 0. The Bertz CT molecular complexity index is 983. The van der Waals surface area contributed by atoms with E-state index >= 15 is 0 Å². The van der Waals surface area contributed by atoms with Crippen molar-refractivity contribution in [2.24, 2.45) is 52.8 Å². The molecule has 4 aliphatic carbocycles. The van der Waals surface area contributed by atoms with E-state index in [4.69, 9.17) is 5.26 Å². The van der Waals surface area contributed by atoms with Crippen LogP contribution in [-0.2, 0) is 11.3 Å². The summed E-state index contributed by atoms with van der Waals surface area (Å²) < 4.78 is 1.45. The number of Topliss-reactive ketones (excluding diaryl/α,β-unsaturated/α-hetero) is 1. The maximum atomic E-state index is 13.6. The molecule has 9 atom stereocenters. The average Bonchev–Trinajstić information content (AvgIpc) is 3.30. The molecule has 0 aromatic carbocycles. The van der Waals surface area contributed by atoms with Crippen LogP contribution in [0.25, 0.3) is 0 Å². The lowest BCUT2D eigenvalue weighted by molar-refractivity contribution is -0.131. The summed E-state index contributed by atoms with van der Waals surface area (Å²) in [6, 6.07) is 5.55. The molecule has 32 heavy (non-hydrogen) atoms. The van der Waals surface area contributed by atoms with E-state index in [0.29, 0.717) is 17.5 Å². The fourth-order valence-corrected chi connectivity index (χ4v) is 9.07.